The topological polar surface area (TPSA) is 198 Å². The Hall–Kier alpha value is -1.60. The summed E-state index contributed by atoms with van der Waals surface area (Å²) >= 11 is 0. The minimum absolute atomic E-state index is 0.00859. The largest absolute Gasteiger partial charge is 0.470 e. The number of phosphoric acid groups is 1. The molecule has 1 heterocycles. The maximum atomic E-state index is 13.5. The number of carbonyl (C=O) groups excluding carboxylic acids is 3. The monoisotopic (exact) mass is 906 g/mol. The molecule has 0 spiro atoms. The molecule has 14 heteroatoms. The van der Waals surface area contributed by atoms with E-state index in [2.05, 4.69) is 26.1 Å². The maximum Gasteiger partial charge on any atom is 0.470 e. The molecule has 1 saturated heterocycles. The Morgan fingerprint density at radius 2 is 0.968 bits per heavy atom. The summed E-state index contributed by atoms with van der Waals surface area (Å²) in [6.45, 7) is 5.76. The van der Waals surface area contributed by atoms with Gasteiger partial charge in [-0.05, 0) is 19.3 Å². The van der Waals surface area contributed by atoms with E-state index in [-0.39, 0.29) is 19.3 Å². The van der Waals surface area contributed by atoms with Crippen LogP contribution >= 0.6 is 7.82 Å². The highest BCUT2D eigenvalue weighted by Gasteiger charge is 2.53. The second-order valence-electron chi connectivity index (χ2n) is 17.9. The van der Waals surface area contributed by atoms with Crippen molar-refractivity contribution in [1.29, 1.82) is 0 Å². The minimum Gasteiger partial charge on any atom is -0.457 e. The molecule has 1 aliphatic rings. The molecule has 0 unspecified atom stereocenters. The zero-order valence-corrected chi connectivity index (χ0v) is 40.3. The summed E-state index contributed by atoms with van der Waals surface area (Å²) < 4.78 is 34.6. The van der Waals surface area contributed by atoms with E-state index in [0.717, 1.165) is 83.5 Å². The van der Waals surface area contributed by atoms with Gasteiger partial charge in [0.1, 0.15) is 18.2 Å². The lowest BCUT2D eigenvalue weighted by molar-refractivity contribution is -0.265. The summed E-state index contributed by atoms with van der Waals surface area (Å²) in [6.07, 6.45) is 27.1. The zero-order chi connectivity index (χ0) is 45.7. The second kappa shape index (κ2) is 38.6. The lowest BCUT2D eigenvalue weighted by Gasteiger charge is -2.44. The van der Waals surface area contributed by atoms with E-state index in [9.17, 15) is 38.9 Å². The lowest BCUT2D eigenvalue weighted by atomic mass is 9.96. The van der Waals surface area contributed by atoms with Crippen LogP contribution in [-0.4, -0.2) is 81.2 Å². The summed E-state index contributed by atoms with van der Waals surface area (Å²) in [6, 6.07) is -1.42. The molecule has 6 atom stereocenters. The number of carbonyl (C=O) groups is 3. The van der Waals surface area contributed by atoms with E-state index in [1.807, 2.05) is 0 Å². The van der Waals surface area contributed by atoms with E-state index < -0.39 is 69.0 Å². The van der Waals surface area contributed by atoms with E-state index >= 15 is 0 Å². The molecule has 13 nitrogen and oxygen atoms in total. The molecular formula is C48H92NO12P. The Kier molecular flexibility index (Phi) is 36.4. The van der Waals surface area contributed by atoms with Gasteiger partial charge < -0.3 is 39.5 Å². The highest BCUT2D eigenvalue weighted by Crippen LogP contribution is 2.42. The van der Waals surface area contributed by atoms with Crippen LogP contribution in [0.4, 0.5) is 0 Å². The number of unbranched alkanes of at least 4 members (excludes halogenated alkanes) is 28. The molecule has 0 saturated carbocycles. The average Bonchev–Trinajstić information content (AvgIpc) is 3.22. The van der Waals surface area contributed by atoms with E-state index in [1.54, 1.807) is 0 Å². The first-order chi connectivity index (χ1) is 29.9. The van der Waals surface area contributed by atoms with Crippen molar-refractivity contribution < 1.29 is 57.7 Å². The van der Waals surface area contributed by atoms with E-state index in [0.29, 0.717) is 19.3 Å². The zero-order valence-electron chi connectivity index (χ0n) is 39.4. The van der Waals surface area contributed by atoms with Gasteiger partial charge in [-0.3, -0.25) is 18.9 Å². The van der Waals surface area contributed by atoms with Crippen molar-refractivity contribution in [2.24, 2.45) is 0 Å². The molecule has 0 aliphatic carbocycles. The molecule has 0 aromatic heterocycles. The van der Waals surface area contributed by atoms with Gasteiger partial charge in [0, 0.05) is 12.8 Å². The van der Waals surface area contributed by atoms with Crippen molar-refractivity contribution in [2.45, 2.75) is 282 Å². The minimum atomic E-state index is -5.24. The van der Waals surface area contributed by atoms with Crippen LogP contribution in [0.25, 0.3) is 0 Å². The molecule has 0 aromatic carbocycles. The van der Waals surface area contributed by atoms with Gasteiger partial charge in [-0.25, -0.2) is 4.57 Å². The van der Waals surface area contributed by atoms with Crippen LogP contribution in [0.15, 0.2) is 0 Å². The third kappa shape index (κ3) is 31.3. The second-order valence-corrected chi connectivity index (χ2v) is 19.1. The van der Waals surface area contributed by atoms with Crippen LogP contribution in [0.5, 0.6) is 0 Å². The number of phosphoric ester groups is 1. The summed E-state index contributed by atoms with van der Waals surface area (Å²) in [7, 11) is -5.24. The molecule has 1 amide bonds. The molecule has 0 radical (unpaired) electrons. The smallest absolute Gasteiger partial charge is 0.457 e. The quantitative estimate of drug-likeness (QED) is 0.0221. The van der Waals surface area contributed by atoms with Crippen molar-refractivity contribution >= 4 is 25.7 Å². The van der Waals surface area contributed by atoms with Crippen LogP contribution in [-0.2, 0) is 37.7 Å². The van der Waals surface area contributed by atoms with Crippen molar-refractivity contribution in [2.75, 3.05) is 6.61 Å². The molecule has 1 fully saturated rings. The van der Waals surface area contributed by atoms with E-state index in [4.69, 9.17) is 18.7 Å². The Bertz CT molecular complexity index is 1160. The molecule has 62 heavy (non-hydrogen) atoms. The van der Waals surface area contributed by atoms with Crippen LogP contribution in [0, 0.1) is 0 Å². The highest BCUT2D eigenvalue weighted by molar-refractivity contribution is 7.46. The molecule has 0 aromatic rings. The first-order valence-electron chi connectivity index (χ1n) is 25.3. The number of ether oxygens (including phenoxy) is 3. The number of esters is 2. The van der Waals surface area contributed by atoms with Crippen LogP contribution < -0.4 is 5.32 Å². The van der Waals surface area contributed by atoms with Gasteiger partial charge in [0.25, 0.3) is 0 Å². The number of hydrogen-bond donors (Lipinski definition) is 5. The fraction of sp³-hybridized carbons (Fsp3) is 0.938. The first kappa shape index (κ1) is 58.4. The van der Waals surface area contributed by atoms with Gasteiger partial charge in [0.15, 0.2) is 6.10 Å². The number of amides is 1. The standard InChI is InChI=1S/C48H92NO12P/c1-4-7-10-13-16-18-19-20-21-22-23-25-27-30-33-36-42(52)49-45-47(59-43(53)37-34-31-28-24-17-14-11-8-5-2)46(61-62(55,56)57)41(39-50)58-48(45)60-44(54)38-40(51)35-32-29-26-15-12-9-6-3/h40-41,45-48,50-51H,4-39H2,1-3H3,(H,49,52)(H2,55,56,57)/t40-,41-,45-,46-,47-,48-/m1/s1. The van der Waals surface area contributed by atoms with Gasteiger partial charge in [0.05, 0.1) is 19.1 Å². The van der Waals surface area contributed by atoms with Crippen molar-refractivity contribution in [1.82, 2.24) is 5.32 Å². The number of aliphatic hydroxyl groups excluding tert-OH is 2. The molecule has 5 N–H and O–H groups in total. The molecule has 1 rings (SSSR count). The summed E-state index contributed by atoms with van der Waals surface area (Å²) in [5.74, 6) is -1.98. The summed E-state index contributed by atoms with van der Waals surface area (Å²) in [4.78, 5) is 59.8. The number of aliphatic hydroxyl groups is 2. The third-order valence-electron chi connectivity index (χ3n) is 12.0. The van der Waals surface area contributed by atoms with Crippen LogP contribution in [0.1, 0.15) is 245 Å². The van der Waals surface area contributed by atoms with Gasteiger partial charge >= 0.3 is 19.8 Å². The number of hydrogen-bond acceptors (Lipinski definition) is 10. The molecule has 0 bridgehead atoms. The van der Waals surface area contributed by atoms with Gasteiger partial charge in [-0.1, -0.05) is 207 Å². The van der Waals surface area contributed by atoms with Crippen molar-refractivity contribution in [3.05, 3.63) is 0 Å². The van der Waals surface area contributed by atoms with Crippen molar-refractivity contribution in [3.8, 4) is 0 Å². The number of rotatable bonds is 42. The Morgan fingerprint density at radius 1 is 0.565 bits per heavy atom. The normalized spacial score (nSPS) is 19.6. The van der Waals surface area contributed by atoms with E-state index in [1.165, 1.54) is 103 Å². The first-order valence-corrected chi connectivity index (χ1v) is 26.8. The molecule has 366 valence electrons. The Labute approximate surface area is 376 Å². The SMILES string of the molecule is CCCCCCCCCCCCCCCCCC(=O)N[C@H]1[C@@H](OC(=O)C[C@H](O)CCCCCCCCC)O[C@H](CO)[C@@H](OP(=O)(O)O)[C@@H]1OC(=O)CCCCCCCCCCC. The summed E-state index contributed by atoms with van der Waals surface area (Å²) in [5.41, 5.74) is 0. The van der Waals surface area contributed by atoms with Gasteiger partial charge in [0.2, 0.25) is 12.2 Å². The van der Waals surface area contributed by atoms with Crippen LogP contribution in [0.3, 0.4) is 0 Å². The van der Waals surface area contributed by atoms with Gasteiger partial charge in [-0.15, -0.1) is 0 Å². The average molecular weight is 906 g/mol. The third-order valence-corrected chi connectivity index (χ3v) is 12.5. The number of nitrogens with one attached hydrogen (secondary N) is 1. The van der Waals surface area contributed by atoms with Crippen molar-refractivity contribution in [3.63, 3.8) is 0 Å². The molecule has 1 aliphatic heterocycles. The summed E-state index contributed by atoms with van der Waals surface area (Å²) in [5, 5.41) is 23.7. The predicted octanol–water partition coefficient (Wildman–Crippen LogP) is 11.2. The lowest BCUT2D eigenvalue weighted by Crippen LogP contribution is -2.66. The van der Waals surface area contributed by atoms with Crippen LogP contribution in [0.2, 0.25) is 0 Å². The van der Waals surface area contributed by atoms with Gasteiger partial charge in [-0.2, -0.15) is 0 Å². The fourth-order valence-corrected chi connectivity index (χ4v) is 8.82. The molecular weight excluding hydrogens is 813 g/mol. The highest BCUT2D eigenvalue weighted by atomic mass is 31.2. The predicted molar refractivity (Wildman–Crippen MR) is 245 cm³/mol. The Balaban J connectivity index is 2.92. The maximum absolute atomic E-state index is 13.5. The Morgan fingerprint density at radius 3 is 1.39 bits per heavy atom. The fourth-order valence-electron chi connectivity index (χ4n) is 8.24.